The van der Waals surface area contributed by atoms with Gasteiger partial charge in [0.1, 0.15) is 5.82 Å². The number of anilines is 1. The number of benzene rings is 1. The molecular formula is C15H11FN2O3. The van der Waals surface area contributed by atoms with Gasteiger partial charge in [0.2, 0.25) is 0 Å². The van der Waals surface area contributed by atoms with E-state index in [0.29, 0.717) is 11.3 Å². The summed E-state index contributed by atoms with van der Waals surface area (Å²) in [6.45, 7) is 0. The minimum atomic E-state index is -1.13. The molecule has 2 N–H and O–H groups in total. The van der Waals surface area contributed by atoms with Crippen LogP contribution in [0.15, 0.2) is 48.8 Å². The lowest BCUT2D eigenvalue weighted by molar-refractivity contribution is -0.131. The van der Waals surface area contributed by atoms with E-state index in [9.17, 15) is 14.0 Å². The quantitative estimate of drug-likeness (QED) is 0.847. The van der Waals surface area contributed by atoms with Crippen molar-refractivity contribution in [3.05, 3.63) is 65.7 Å². The number of carbonyl (C=O) groups is 2. The largest absolute Gasteiger partial charge is 0.478 e. The van der Waals surface area contributed by atoms with Crippen LogP contribution in [-0.2, 0) is 4.79 Å². The van der Waals surface area contributed by atoms with Crippen LogP contribution in [0.5, 0.6) is 0 Å². The van der Waals surface area contributed by atoms with Crippen molar-refractivity contribution in [2.45, 2.75) is 0 Å². The third kappa shape index (κ3) is 3.97. The Morgan fingerprint density at radius 2 is 2.10 bits per heavy atom. The number of aliphatic carboxylic acids is 1. The van der Waals surface area contributed by atoms with Gasteiger partial charge in [0.25, 0.3) is 5.91 Å². The number of carboxylic acid groups (broad SMARTS) is 1. The molecule has 0 bridgehead atoms. The highest BCUT2D eigenvalue weighted by Gasteiger charge is 2.10. The minimum absolute atomic E-state index is 0.242. The second-order valence-electron chi connectivity index (χ2n) is 4.10. The molecule has 0 aliphatic heterocycles. The van der Waals surface area contributed by atoms with E-state index >= 15 is 0 Å². The summed E-state index contributed by atoms with van der Waals surface area (Å²) >= 11 is 0. The van der Waals surface area contributed by atoms with Gasteiger partial charge in [0.05, 0.1) is 0 Å². The van der Waals surface area contributed by atoms with Gasteiger partial charge >= 0.3 is 5.97 Å². The molecule has 1 aromatic heterocycles. The molecule has 1 aromatic carbocycles. The van der Waals surface area contributed by atoms with Crippen LogP contribution in [0.2, 0.25) is 0 Å². The van der Waals surface area contributed by atoms with E-state index < -0.39 is 17.7 Å². The lowest BCUT2D eigenvalue weighted by Crippen LogP contribution is -2.13. The zero-order valence-electron chi connectivity index (χ0n) is 10.8. The number of nitrogens with zero attached hydrogens (tertiary/aromatic N) is 1. The van der Waals surface area contributed by atoms with Gasteiger partial charge in [-0.1, -0.05) is 6.07 Å². The number of carboxylic acids is 1. The zero-order chi connectivity index (χ0) is 15.2. The summed E-state index contributed by atoms with van der Waals surface area (Å²) in [4.78, 5) is 26.5. The Kier molecular flexibility index (Phi) is 4.40. The number of halogens is 1. The van der Waals surface area contributed by atoms with Gasteiger partial charge in [-0.05, 0) is 30.3 Å². The number of amides is 1. The fourth-order valence-electron chi connectivity index (χ4n) is 1.67. The molecule has 0 unspecified atom stereocenters. The van der Waals surface area contributed by atoms with Crippen molar-refractivity contribution < 1.29 is 19.1 Å². The van der Waals surface area contributed by atoms with Crippen LogP contribution in [-0.4, -0.2) is 22.0 Å². The Hall–Kier alpha value is -3.02. The highest BCUT2D eigenvalue weighted by Crippen LogP contribution is 2.14. The molecule has 5 nitrogen and oxygen atoms in total. The first-order chi connectivity index (χ1) is 10.1. The van der Waals surface area contributed by atoms with Crippen molar-refractivity contribution in [1.82, 2.24) is 4.98 Å². The number of pyridine rings is 1. The minimum Gasteiger partial charge on any atom is -0.478 e. The summed E-state index contributed by atoms with van der Waals surface area (Å²) < 4.78 is 13.1. The Morgan fingerprint density at radius 1 is 1.29 bits per heavy atom. The monoisotopic (exact) mass is 286 g/mol. The van der Waals surface area contributed by atoms with Crippen LogP contribution in [0.1, 0.15) is 15.9 Å². The van der Waals surface area contributed by atoms with Crippen LogP contribution >= 0.6 is 0 Å². The molecule has 0 atom stereocenters. The molecule has 1 heterocycles. The number of rotatable bonds is 4. The Balaban J connectivity index is 2.25. The molecule has 2 aromatic rings. The maximum atomic E-state index is 13.1. The number of hydrogen-bond acceptors (Lipinski definition) is 3. The van der Waals surface area contributed by atoms with Gasteiger partial charge in [-0.15, -0.1) is 0 Å². The third-order valence-corrected chi connectivity index (χ3v) is 2.58. The average Bonchev–Trinajstić information content (AvgIpc) is 2.45. The zero-order valence-corrected chi connectivity index (χ0v) is 10.8. The lowest BCUT2D eigenvalue weighted by Gasteiger charge is -2.07. The van der Waals surface area contributed by atoms with Crippen LogP contribution in [0.4, 0.5) is 10.1 Å². The summed E-state index contributed by atoms with van der Waals surface area (Å²) in [7, 11) is 0. The SMILES string of the molecule is O=C(O)C=Cc1cnccc1C(=O)Nc1cccc(F)c1. The second-order valence-corrected chi connectivity index (χ2v) is 4.10. The topological polar surface area (TPSA) is 79.3 Å². The summed E-state index contributed by atoms with van der Waals surface area (Å²) in [5, 5.41) is 11.2. The third-order valence-electron chi connectivity index (χ3n) is 2.58. The maximum Gasteiger partial charge on any atom is 0.328 e. The van der Waals surface area contributed by atoms with Crippen molar-refractivity contribution in [2.75, 3.05) is 5.32 Å². The smallest absolute Gasteiger partial charge is 0.328 e. The van der Waals surface area contributed by atoms with Gasteiger partial charge in [0, 0.05) is 35.3 Å². The van der Waals surface area contributed by atoms with Gasteiger partial charge in [-0.25, -0.2) is 9.18 Å². The molecule has 6 heteroatoms. The number of hydrogen-bond donors (Lipinski definition) is 2. The average molecular weight is 286 g/mol. The van der Waals surface area contributed by atoms with E-state index in [4.69, 9.17) is 5.11 Å². The standard InChI is InChI=1S/C15H11FN2O3/c16-11-2-1-3-12(8-11)18-15(21)13-6-7-17-9-10(13)4-5-14(19)20/h1-9H,(H,18,21)(H,19,20). The molecular weight excluding hydrogens is 275 g/mol. The highest BCUT2D eigenvalue weighted by molar-refractivity contribution is 6.06. The molecule has 0 aliphatic rings. The Bertz CT molecular complexity index is 714. The summed E-state index contributed by atoms with van der Waals surface area (Å²) in [6.07, 6.45) is 4.98. The Labute approximate surface area is 119 Å². The molecule has 2 rings (SSSR count). The molecule has 0 spiro atoms. The van der Waals surface area contributed by atoms with Gasteiger partial charge in [0.15, 0.2) is 0 Å². The summed E-state index contributed by atoms with van der Waals surface area (Å²) in [5.41, 5.74) is 0.908. The van der Waals surface area contributed by atoms with Crippen molar-refractivity contribution in [3.63, 3.8) is 0 Å². The molecule has 21 heavy (non-hydrogen) atoms. The van der Waals surface area contributed by atoms with Crippen LogP contribution in [0.25, 0.3) is 6.08 Å². The lowest BCUT2D eigenvalue weighted by atomic mass is 10.1. The van der Waals surface area contributed by atoms with Crippen molar-refractivity contribution in [2.24, 2.45) is 0 Å². The molecule has 0 saturated carbocycles. The van der Waals surface area contributed by atoms with E-state index in [1.807, 2.05) is 0 Å². The molecule has 1 amide bonds. The van der Waals surface area contributed by atoms with E-state index in [2.05, 4.69) is 10.3 Å². The predicted molar refractivity (Wildman–Crippen MR) is 75.3 cm³/mol. The van der Waals surface area contributed by atoms with Crippen LogP contribution in [0, 0.1) is 5.82 Å². The Morgan fingerprint density at radius 3 is 2.81 bits per heavy atom. The van der Waals surface area contributed by atoms with Gasteiger partial charge in [-0.3, -0.25) is 9.78 Å². The summed E-state index contributed by atoms with van der Waals surface area (Å²) in [5.74, 6) is -2.07. The first kappa shape index (κ1) is 14.4. The highest BCUT2D eigenvalue weighted by atomic mass is 19.1. The van der Waals surface area contributed by atoms with E-state index in [0.717, 1.165) is 6.08 Å². The maximum absolute atomic E-state index is 13.1. The van der Waals surface area contributed by atoms with E-state index in [-0.39, 0.29) is 5.56 Å². The molecule has 0 radical (unpaired) electrons. The predicted octanol–water partition coefficient (Wildman–Crippen LogP) is 2.57. The molecule has 106 valence electrons. The first-order valence-corrected chi connectivity index (χ1v) is 5.98. The molecule has 0 saturated heterocycles. The first-order valence-electron chi connectivity index (χ1n) is 5.98. The molecule has 0 fully saturated rings. The fraction of sp³-hybridized carbons (Fsp3) is 0. The second kappa shape index (κ2) is 6.42. The normalized spacial score (nSPS) is 10.5. The van der Waals surface area contributed by atoms with E-state index in [1.165, 1.54) is 42.7 Å². The number of nitrogens with one attached hydrogen (secondary N) is 1. The van der Waals surface area contributed by atoms with Crippen LogP contribution < -0.4 is 5.32 Å². The van der Waals surface area contributed by atoms with E-state index in [1.54, 1.807) is 6.07 Å². The fourth-order valence-corrected chi connectivity index (χ4v) is 1.67. The number of carbonyl (C=O) groups excluding carboxylic acids is 1. The molecule has 0 aliphatic carbocycles. The van der Waals surface area contributed by atoms with Gasteiger partial charge in [-0.2, -0.15) is 0 Å². The van der Waals surface area contributed by atoms with Crippen LogP contribution in [0.3, 0.4) is 0 Å². The van der Waals surface area contributed by atoms with Crippen molar-refractivity contribution in [3.8, 4) is 0 Å². The number of aromatic nitrogens is 1. The van der Waals surface area contributed by atoms with Crippen molar-refractivity contribution >= 4 is 23.6 Å². The van der Waals surface area contributed by atoms with Gasteiger partial charge < -0.3 is 10.4 Å². The summed E-state index contributed by atoms with van der Waals surface area (Å²) in [6, 6.07) is 6.93. The van der Waals surface area contributed by atoms with Crippen molar-refractivity contribution in [1.29, 1.82) is 0 Å².